The number of nitrogens with one attached hydrogen (secondary N) is 1. The summed E-state index contributed by atoms with van der Waals surface area (Å²) in [5.41, 5.74) is 0. The average Bonchev–Trinajstić information content (AvgIpc) is 3.07. The summed E-state index contributed by atoms with van der Waals surface area (Å²) in [5, 5.41) is 13.6. The number of anilines is 1. The van der Waals surface area contributed by atoms with Crippen LogP contribution < -0.4 is 5.32 Å². The van der Waals surface area contributed by atoms with E-state index in [0.717, 1.165) is 48.5 Å². The lowest BCUT2D eigenvalue weighted by Gasteiger charge is -2.16. The lowest BCUT2D eigenvalue weighted by molar-refractivity contribution is 0.247. The third-order valence-electron chi connectivity index (χ3n) is 2.76. The van der Waals surface area contributed by atoms with Gasteiger partial charge in [-0.25, -0.2) is 0 Å². The Kier molecular flexibility index (Phi) is 5.35. The van der Waals surface area contributed by atoms with Crippen LogP contribution in [0.25, 0.3) is 0 Å². The number of furan rings is 1. The number of rotatable bonds is 8. The molecule has 104 valence electrons. The molecular formula is C13H20N4OS. The maximum atomic E-state index is 5.38. The van der Waals surface area contributed by atoms with Crippen LogP contribution in [0.5, 0.6) is 0 Å². The third-order valence-corrected chi connectivity index (χ3v) is 3.62. The van der Waals surface area contributed by atoms with Crippen LogP contribution in [0.4, 0.5) is 5.13 Å². The molecule has 1 N–H and O–H groups in total. The summed E-state index contributed by atoms with van der Waals surface area (Å²) in [6.45, 7) is 7.79. The van der Waals surface area contributed by atoms with Crippen LogP contribution >= 0.6 is 11.3 Å². The van der Waals surface area contributed by atoms with Crippen molar-refractivity contribution in [2.24, 2.45) is 0 Å². The maximum Gasteiger partial charge on any atom is 0.205 e. The minimum absolute atomic E-state index is 0.806. The van der Waals surface area contributed by atoms with Gasteiger partial charge >= 0.3 is 0 Å². The predicted molar refractivity (Wildman–Crippen MR) is 77.2 cm³/mol. The zero-order valence-electron chi connectivity index (χ0n) is 11.4. The fourth-order valence-electron chi connectivity index (χ4n) is 1.71. The van der Waals surface area contributed by atoms with Crippen LogP contribution in [-0.4, -0.2) is 28.2 Å². The third kappa shape index (κ3) is 4.33. The van der Waals surface area contributed by atoms with Crippen LogP contribution in [0.1, 0.15) is 31.0 Å². The molecule has 5 nitrogen and oxygen atoms in total. The molecular weight excluding hydrogens is 260 g/mol. The molecule has 0 radical (unpaired) electrons. The van der Waals surface area contributed by atoms with E-state index >= 15 is 0 Å². The van der Waals surface area contributed by atoms with Gasteiger partial charge in [-0.1, -0.05) is 25.2 Å². The van der Waals surface area contributed by atoms with E-state index in [9.17, 15) is 0 Å². The predicted octanol–water partition coefficient (Wildman–Crippen LogP) is 2.98. The van der Waals surface area contributed by atoms with Crippen molar-refractivity contribution in [2.45, 2.75) is 33.4 Å². The van der Waals surface area contributed by atoms with Crippen molar-refractivity contribution in [3.05, 3.63) is 29.2 Å². The fourth-order valence-corrected chi connectivity index (χ4v) is 2.52. The molecule has 0 amide bonds. The molecule has 19 heavy (non-hydrogen) atoms. The van der Waals surface area contributed by atoms with E-state index in [4.69, 9.17) is 4.42 Å². The molecule has 0 atom stereocenters. The number of hydrogen-bond donors (Lipinski definition) is 1. The van der Waals surface area contributed by atoms with E-state index < -0.39 is 0 Å². The second kappa shape index (κ2) is 7.25. The molecule has 0 bridgehead atoms. The Labute approximate surface area is 117 Å². The standard InChI is InChI=1S/C13H20N4OS/c1-3-7-14-13-16-15-12(19-13)10-17(4-2)9-11-6-5-8-18-11/h5-6,8H,3-4,7,9-10H2,1-2H3,(H,14,16). The normalized spacial score (nSPS) is 11.1. The van der Waals surface area contributed by atoms with Gasteiger partial charge in [0, 0.05) is 6.54 Å². The van der Waals surface area contributed by atoms with Crippen molar-refractivity contribution in [2.75, 3.05) is 18.4 Å². The molecule has 2 aromatic rings. The Balaban J connectivity index is 1.88. The molecule has 0 aliphatic rings. The molecule has 2 aromatic heterocycles. The highest BCUT2D eigenvalue weighted by atomic mass is 32.1. The Morgan fingerprint density at radius 2 is 2.21 bits per heavy atom. The Hall–Kier alpha value is -1.40. The van der Waals surface area contributed by atoms with Crippen LogP contribution in [0, 0.1) is 0 Å². The molecule has 0 spiro atoms. The van der Waals surface area contributed by atoms with E-state index in [-0.39, 0.29) is 0 Å². The number of hydrogen-bond acceptors (Lipinski definition) is 6. The van der Waals surface area contributed by atoms with Crippen LogP contribution in [0.15, 0.2) is 22.8 Å². The maximum absolute atomic E-state index is 5.38. The van der Waals surface area contributed by atoms with Gasteiger partial charge in [-0.2, -0.15) is 0 Å². The van der Waals surface area contributed by atoms with Gasteiger partial charge in [0.25, 0.3) is 0 Å². The van der Waals surface area contributed by atoms with Crippen molar-refractivity contribution in [3.8, 4) is 0 Å². The molecule has 0 unspecified atom stereocenters. The fraction of sp³-hybridized carbons (Fsp3) is 0.538. The van der Waals surface area contributed by atoms with Crippen LogP contribution in [0.2, 0.25) is 0 Å². The summed E-state index contributed by atoms with van der Waals surface area (Å²) in [6.07, 6.45) is 2.80. The van der Waals surface area contributed by atoms with Gasteiger partial charge in [-0.05, 0) is 25.1 Å². The second-order valence-corrected chi connectivity index (χ2v) is 5.37. The summed E-state index contributed by atoms with van der Waals surface area (Å²) in [5.74, 6) is 0.982. The summed E-state index contributed by atoms with van der Waals surface area (Å²) in [4.78, 5) is 2.28. The minimum atomic E-state index is 0.806. The summed E-state index contributed by atoms with van der Waals surface area (Å²) < 4.78 is 5.38. The molecule has 0 saturated carbocycles. The molecule has 0 aromatic carbocycles. The second-order valence-electron chi connectivity index (χ2n) is 4.31. The van der Waals surface area contributed by atoms with E-state index in [1.165, 1.54) is 0 Å². The van der Waals surface area contributed by atoms with Gasteiger partial charge in [0.05, 0.1) is 19.4 Å². The largest absolute Gasteiger partial charge is 0.468 e. The topological polar surface area (TPSA) is 54.2 Å². The first-order chi connectivity index (χ1) is 9.31. The van der Waals surface area contributed by atoms with Crippen molar-refractivity contribution in [3.63, 3.8) is 0 Å². The average molecular weight is 280 g/mol. The van der Waals surface area contributed by atoms with Crippen LogP contribution in [-0.2, 0) is 13.1 Å². The summed E-state index contributed by atoms with van der Waals surface area (Å²) >= 11 is 1.62. The number of aromatic nitrogens is 2. The van der Waals surface area contributed by atoms with E-state index in [1.807, 2.05) is 12.1 Å². The van der Waals surface area contributed by atoms with Gasteiger partial charge in [0.15, 0.2) is 0 Å². The van der Waals surface area contributed by atoms with Crippen molar-refractivity contribution >= 4 is 16.5 Å². The molecule has 2 rings (SSSR count). The molecule has 2 heterocycles. The summed E-state index contributed by atoms with van der Waals surface area (Å²) in [6, 6.07) is 3.91. The molecule has 0 saturated heterocycles. The Morgan fingerprint density at radius 1 is 1.32 bits per heavy atom. The smallest absolute Gasteiger partial charge is 0.205 e. The molecule has 6 heteroatoms. The molecule has 0 aliphatic carbocycles. The van der Waals surface area contributed by atoms with E-state index in [1.54, 1.807) is 17.6 Å². The lowest BCUT2D eigenvalue weighted by Crippen LogP contribution is -2.21. The monoisotopic (exact) mass is 280 g/mol. The Bertz CT molecular complexity index is 469. The lowest BCUT2D eigenvalue weighted by atomic mass is 10.4. The minimum Gasteiger partial charge on any atom is -0.468 e. The van der Waals surface area contributed by atoms with Crippen molar-refractivity contribution in [1.82, 2.24) is 15.1 Å². The van der Waals surface area contributed by atoms with Crippen LogP contribution in [0.3, 0.4) is 0 Å². The number of nitrogens with zero attached hydrogens (tertiary/aromatic N) is 3. The van der Waals surface area contributed by atoms with Gasteiger partial charge < -0.3 is 9.73 Å². The highest BCUT2D eigenvalue weighted by molar-refractivity contribution is 7.15. The first kappa shape index (κ1) is 14.0. The van der Waals surface area contributed by atoms with Crippen molar-refractivity contribution in [1.29, 1.82) is 0 Å². The van der Waals surface area contributed by atoms with Gasteiger partial charge in [0.2, 0.25) is 5.13 Å². The van der Waals surface area contributed by atoms with Gasteiger partial charge in [-0.3, -0.25) is 4.90 Å². The summed E-state index contributed by atoms with van der Waals surface area (Å²) in [7, 11) is 0. The highest BCUT2D eigenvalue weighted by Crippen LogP contribution is 2.18. The zero-order valence-corrected chi connectivity index (χ0v) is 12.2. The van der Waals surface area contributed by atoms with E-state index in [0.29, 0.717) is 0 Å². The zero-order chi connectivity index (χ0) is 13.5. The highest BCUT2D eigenvalue weighted by Gasteiger charge is 2.10. The Morgan fingerprint density at radius 3 is 2.89 bits per heavy atom. The first-order valence-corrected chi connectivity index (χ1v) is 7.44. The first-order valence-electron chi connectivity index (χ1n) is 6.62. The molecule has 0 fully saturated rings. The molecule has 0 aliphatic heterocycles. The van der Waals surface area contributed by atoms with Crippen molar-refractivity contribution < 1.29 is 4.42 Å². The quantitative estimate of drug-likeness (QED) is 0.805. The van der Waals surface area contributed by atoms with Gasteiger partial charge in [0.1, 0.15) is 10.8 Å². The SMILES string of the molecule is CCCNc1nnc(CN(CC)Cc2ccco2)s1. The van der Waals surface area contributed by atoms with Gasteiger partial charge in [-0.15, -0.1) is 10.2 Å². The van der Waals surface area contributed by atoms with E-state index in [2.05, 4.69) is 34.3 Å².